The minimum Gasteiger partial charge on any atom is -0.478 e. The van der Waals surface area contributed by atoms with E-state index < -0.39 is 5.97 Å². The number of pyridine rings is 1. The van der Waals surface area contributed by atoms with Crippen LogP contribution in [0.5, 0.6) is 0 Å². The lowest BCUT2D eigenvalue weighted by molar-refractivity contribution is -0.126. The van der Waals surface area contributed by atoms with Gasteiger partial charge in [0, 0.05) is 57.1 Å². The van der Waals surface area contributed by atoms with Crippen molar-refractivity contribution in [3.63, 3.8) is 0 Å². The number of nitrogens with zero attached hydrogens (tertiary/aromatic N) is 3. The Balaban J connectivity index is 1.33. The Morgan fingerprint density at radius 3 is 2.71 bits per heavy atom. The van der Waals surface area contributed by atoms with Gasteiger partial charge in [0.2, 0.25) is 11.8 Å². The number of carboxylic acids is 1. The van der Waals surface area contributed by atoms with Crippen molar-refractivity contribution in [1.29, 1.82) is 0 Å². The summed E-state index contributed by atoms with van der Waals surface area (Å²) in [4.78, 5) is 44.9. The van der Waals surface area contributed by atoms with E-state index in [0.717, 1.165) is 24.1 Å². The van der Waals surface area contributed by atoms with Crippen molar-refractivity contribution in [2.45, 2.75) is 50.5 Å². The molecule has 0 radical (unpaired) electrons. The van der Waals surface area contributed by atoms with Crippen molar-refractivity contribution >= 4 is 17.8 Å². The molecule has 9 heteroatoms. The molecule has 2 amide bonds. The molecule has 0 saturated carbocycles. The second-order valence-electron chi connectivity index (χ2n) is 9.01. The Labute approximate surface area is 199 Å². The molecule has 3 atom stereocenters. The number of hydrogen-bond donors (Lipinski definition) is 3. The van der Waals surface area contributed by atoms with Crippen molar-refractivity contribution < 1.29 is 19.5 Å². The highest BCUT2D eigenvalue weighted by molar-refractivity contribution is 5.87. The molecule has 2 saturated heterocycles. The van der Waals surface area contributed by atoms with E-state index in [0.29, 0.717) is 32.5 Å². The number of aromatic nitrogens is 1. The molecule has 2 aromatic rings. The van der Waals surface area contributed by atoms with Gasteiger partial charge in [0.15, 0.2) is 0 Å². The number of amides is 2. The van der Waals surface area contributed by atoms with Crippen molar-refractivity contribution in [3.8, 4) is 0 Å². The van der Waals surface area contributed by atoms with E-state index in [4.69, 9.17) is 5.11 Å². The van der Waals surface area contributed by atoms with E-state index >= 15 is 0 Å². The fourth-order valence-electron chi connectivity index (χ4n) is 4.90. The quantitative estimate of drug-likeness (QED) is 0.538. The average molecular weight is 466 g/mol. The number of aromatic carboxylic acids is 1. The van der Waals surface area contributed by atoms with E-state index in [-0.39, 0.29) is 35.5 Å². The summed E-state index contributed by atoms with van der Waals surface area (Å²) in [6.07, 6.45) is 5.36. The van der Waals surface area contributed by atoms with Crippen LogP contribution in [-0.4, -0.2) is 75.9 Å². The number of fused-ring (bicyclic) bond motifs is 1. The minimum atomic E-state index is -0.950. The number of benzene rings is 1. The first-order valence-electron chi connectivity index (χ1n) is 11.6. The Kier molecular flexibility index (Phi) is 7.54. The average Bonchev–Trinajstić information content (AvgIpc) is 3.21. The van der Waals surface area contributed by atoms with Crippen molar-refractivity contribution in [2.24, 2.45) is 0 Å². The summed E-state index contributed by atoms with van der Waals surface area (Å²) in [5.41, 5.74) is 2.19. The maximum absolute atomic E-state index is 13.0. The van der Waals surface area contributed by atoms with Crippen LogP contribution < -0.4 is 10.6 Å². The van der Waals surface area contributed by atoms with Crippen molar-refractivity contribution in [3.05, 3.63) is 65.5 Å². The van der Waals surface area contributed by atoms with Gasteiger partial charge >= 0.3 is 5.97 Å². The number of nitrogens with one attached hydrogen (secondary N) is 2. The summed E-state index contributed by atoms with van der Waals surface area (Å²) in [7, 11) is 2.04. The standard InChI is InChI=1S/C25H31N5O4/c1-29-20(8-9-22(31)27-14-18-3-2-11-26-13-18)15-28-24(32)23-21(29)10-12-30(23)16-17-4-6-19(7-5-17)25(33)34/h2-7,11,13,20-21,23H,8-10,12,14-16H2,1H3,(H,27,31)(H,28,32)(H,33,34)/t20-,21+,23-/m0/s1. The van der Waals surface area contributed by atoms with Gasteiger partial charge in [-0.2, -0.15) is 0 Å². The van der Waals surface area contributed by atoms with Crippen molar-refractivity contribution in [1.82, 2.24) is 25.4 Å². The molecular formula is C25H31N5O4. The Morgan fingerprint density at radius 1 is 1.21 bits per heavy atom. The molecule has 1 aromatic carbocycles. The van der Waals surface area contributed by atoms with E-state index in [1.165, 1.54) is 0 Å². The molecule has 180 valence electrons. The molecule has 0 spiro atoms. The number of likely N-dealkylation sites (N-methyl/N-ethyl adjacent to an activating group) is 1. The molecule has 3 N–H and O–H groups in total. The van der Waals surface area contributed by atoms with Gasteiger partial charge in [-0.1, -0.05) is 18.2 Å². The zero-order chi connectivity index (χ0) is 24.1. The molecule has 34 heavy (non-hydrogen) atoms. The van der Waals surface area contributed by atoms with E-state index in [1.807, 2.05) is 31.3 Å². The number of hydrogen-bond acceptors (Lipinski definition) is 6. The lowest BCUT2D eigenvalue weighted by atomic mass is 10.0. The fourth-order valence-corrected chi connectivity index (χ4v) is 4.90. The highest BCUT2D eigenvalue weighted by Crippen LogP contribution is 2.28. The fraction of sp³-hybridized carbons (Fsp3) is 0.440. The van der Waals surface area contributed by atoms with Crippen LogP contribution in [0.25, 0.3) is 0 Å². The predicted octanol–water partition coefficient (Wildman–Crippen LogP) is 1.25. The summed E-state index contributed by atoms with van der Waals surface area (Å²) < 4.78 is 0. The second kappa shape index (κ2) is 10.8. The smallest absolute Gasteiger partial charge is 0.335 e. The van der Waals surface area contributed by atoms with E-state index in [9.17, 15) is 14.4 Å². The minimum absolute atomic E-state index is 0.0118. The van der Waals surface area contributed by atoms with Gasteiger partial charge in [0.25, 0.3) is 0 Å². The van der Waals surface area contributed by atoms with E-state index in [2.05, 4.69) is 25.4 Å². The molecule has 2 fully saturated rings. The van der Waals surface area contributed by atoms with Crippen LogP contribution in [0.2, 0.25) is 0 Å². The summed E-state index contributed by atoms with van der Waals surface area (Å²) in [5, 5.41) is 15.1. The summed E-state index contributed by atoms with van der Waals surface area (Å²) in [6.45, 7) is 2.34. The van der Waals surface area contributed by atoms with Crippen LogP contribution >= 0.6 is 0 Å². The molecule has 3 heterocycles. The first-order valence-corrected chi connectivity index (χ1v) is 11.6. The monoisotopic (exact) mass is 465 g/mol. The largest absolute Gasteiger partial charge is 0.478 e. The van der Waals surface area contributed by atoms with Crippen LogP contribution in [0.4, 0.5) is 0 Å². The van der Waals surface area contributed by atoms with Gasteiger partial charge in [0.1, 0.15) is 6.04 Å². The zero-order valence-electron chi connectivity index (χ0n) is 19.3. The van der Waals surface area contributed by atoms with Crippen LogP contribution in [-0.2, 0) is 22.7 Å². The predicted molar refractivity (Wildman–Crippen MR) is 126 cm³/mol. The Hall–Kier alpha value is -3.30. The van der Waals surface area contributed by atoms with Gasteiger partial charge < -0.3 is 15.7 Å². The highest BCUT2D eigenvalue weighted by Gasteiger charge is 2.44. The molecule has 0 unspecified atom stereocenters. The van der Waals surface area contributed by atoms with E-state index in [1.54, 1.807) is 24.5 Å². The van der Waals surface area contributed by atoms with Crippen LogP contribution in [0.1, 0.15) is 40.7 Å². The number of rotatable bonds is 8. The molecule has 4 rings (SSSR count). The van der Waals surface area contributed by atoms with Crippen LogP contribution in [0.3, 0.4) is 0 Å². The first-order chi connectivity index (χ1) is 16.4. The lowest BCUT2D eigenvalue weighted by Gasteiger charge is -2.33. The third kappa shape index (κ3) is 5.60. The highest BCUT2D eigenvalue weighted by atomic mass is 16.4. The molecule has 0 bridgehead atoms. The first kappa shape index (κ1) is 23.8. The molecular weight excluding hydrogens is 434 g/mol. The summed E-state index contributed by atoms with van der Waals surface area (Å²) in [6, 6.07) is 10.5. The number of likely N-dealkylation sites (tertiary alicyclic amines) is 1. The van der Waals surface area contributed by atoms with Gasteiger partial charge in [0.05, 0.1) is 5.56 Å². The summed E-state index contributed by atoms with van der Waals surface area (Å²) in [5.74, 6) is -0.948. The molecule has 1 aromatic heterocycles. The van der Waals surface area contributed by atoms with Gasteiger partial charge in [-0.25, -0.2) is 4.79 Å². The van der Waals surface area contributed by atoms with Gasteiger partial charge in [-0.05, 0) is 49.2 Å². The lowest BCUT2D eigenvalue weighted by Crippen LogP contribution is -2.49. The molecule has 9 nitrogen and oxygen atoms in total. The molecule has 0 aliphatic carbocycles. The molecule has 2 aliphatic rings. The maximum atomic E-state index is 13.0. The Morgan fingerprint density at radius 2 is 2.00 bits per heavy atom. The van der Waals surface area contributed by atoms with Gasteiger partial charge in [-0.3, -0.25) is 24.4 Å². The number of carboxylic acid groups (broad SMARTS) is 1. The topological polar surface area (TPSA) is 115 Å². The third-order valence-electron chi connectivity index (χ3n) is 6.85. The second-order valence-corrected chi connectivity index (χ2v) is 9.01. The number of carbonyl (C=O) groups excluding carboxylic acids is 2. The Bertz CT molecular complexity index is 1010. The summed E-state index contributed by atoms with van der Waals surface area (Å²) >= 11 is 0. The zero-order valence-corrected chi connectivity index (χ0v) is 19.3. The molecule has 2 aliphatic heterocycles. The SMILES string of the molecule is CN1[C@@H](CCC(=O)NCc2cccnc2)CNC(=O)[C@@H]2[C@H]1CCN2Cc1ccc(C(=O)O)cc1. The normalized spacial score (nSPS) is 23.1. The van der Waals surface area contributed by atoms with Crippen LogP contribution in [0.15, 0.2) is 48.8 Å². The van der Waals surface area contributed by atoms with Gasteiger partial charge in [-0.15, -0.1) is 0 Å². The third-order valence-corrected chi connectivity index (χ3v) is 6.85. The van der Waals surface area contributed by atoms with Crippen LogP contribution in [0, 0.1) is 0 Å². The maximum Gasteiger partial charge on any atom is 0.335 e. The number of carbonyl (C=O) groups is 3. The van der Waals surface area contributed by atoms with Crippen molar-refractivity contribution in [2.75, 3.05) is 20.1 Å².